The quantitative estimate of drug-likeness (QED) is 0.339. The number of amides is 1. The second-order valence-electron chi connectivity index (χ2n) is 8.93. The van der Waals surface area contributed by atoms with Crippen LogP contribution in [0.15, 0.2) is 73.1 Å². The van der Waals surface area contributed by atoms with Crippen LogP contribution in [0, 0.1) is 6.92 Å². The Hall–Kier alpha value is -4.00. The molecule has 0 bridgehead atoms. The first-order chi connectivity index (χ1) is 17.6. The van der Waals surface area contributed by atoms with E-state index in [1.165, 1.54) is 0 Å². The van der Waals surface area contributed by atoms with Gasteiger partial charge in [-0.2, -0.15) is 0 Å². The zero-order valence-electron chi connectivity index (χ0n) is 20.7. The minimum absolute atomic E-state index is 0.0235. The highest BCUT2D eigenvalue weighted by Gasteiger charge is 2.27. The van der Waals surface area contributed by atoms with E-state index >= 15 is 0 Å². The van der Waals surface area contributed by atoms with E-state index in [1.54, 1.807) is 0 Å². The molecule has 1 amide bonds. The Kier molecular flexibility index (Phi) is 7.07. The Morgan fingerprint density at radius 2 is 1.67 bits per heavy atom. The van der Waals surface area contributed by atoms with Gasteiger partial charge in [-0.15, -0.1) is 0 Å². The van der Waals surface area contributed by atoms with E-state index in [2.05, 4.69) is 4.98 Å². The highest BCUT2D eigenvalue weighted by molar-refractivity contribution is 5.97. The predicted octanol–water partition coefficient (Wildman–Crippen LogP) is 5.30. The predicted molar refractivity (Wildman–Crippen MR) is 138 cm³/mol. The van der Waals surface area contributed by atoms with Crippen molar-refractivity contribution in [2.45, 2.75) is 39.4 Å². The number of imidazole rings is 1. The summed E-state index contributed by atoms with van der Waals surface area (Å²) in [6.07, 6.45) is 5.49. The SMILES string of the molecule is CCOc1ccccc1OC1CCN(C(=O)c2ccccc2OCc2cn3cccc(C)c3n2)CC1. The van der Waals surface area contributed by atoms with E-state index in [0.717, 1.165) is 41.2 Å². The molecule has 7 nitrogen and oxygen atoms in total. The molecule has 1 saturated heterocycles. The van der Waals surface area contributed by atoms with Crippen molar-refractivity contribution < 1.29 is 19.0 Å². The third-order valence-electron chi connectivity index (χ3n) is 6.39. The van der Waals surface area contributed by atoms with Gasteiger partial charge < -0.3 is 23.5 Å². The number of piperidine rings is 1. The number of benzene rings is 2. The molecule has 5 rings (SSSR count). The van der Waals surface area contributed by atoms with Gasteiger partial charge in [0.1, 0.15) is 24.1 Å². The second kappa shape index (κ2) is 10.7. The van der Waals surface area contributed by atoms with Gasteiger partial charge in [0, 0.05) is 38.3 Å². The summed E-state index contributed by atoms with van der Waals surface area (Å²) < 4.78 is 20.0. The molecule has 3 heterocycles. The van der Waals surface area contributed by atoms with E-state index in [9.17, 15) is 4.79 Å². The molecule has 1 aliphatic heterocycles. The first-order valence-electron chi connectivity index (χ1n) is 12.4. The van der Waals surface area contributed by atoms with Crippen LogP contribution < -0.4 is 14.2 Å². The minimum atomic E-state index is -0.0235. The van der Waals surface area contributed by atoms with Gasteiger partial charge in [0.05, 0.1) is 17.9 Å². The maximum Gasteiger partial charge on any atom is 0.257 e. The van der Waals surface area contributed by atoms with Gasteiger partial charge in [-0.05, 0) is 49.7 Å². The number of carbonyl (C=O) groups is 1. The molecule has 2 aromatic carbocycles. The average Bonchev–Trinajstić information content (AvgIpc) is 3.34. The first kappa shape index (κ1) is 23.7. The summed E-state index contributed by atoms with van der Waals surface area (Å²) in [5, 5.41) is 0. The van der Waals surface area contributed by atoms with Crippen LogP contribution in [0.4, 0.5) is 0 Å². The highest BCUT2D eigenvalue weighted by Crippen LogP contribution is 2.30. The van der Waals surface area contributed by atoms with Crippen LogP contribution in [0.25, 0.3) is 5.65 Å². The lowest BCUT2D eigenvalue weighted by Crippen LogP contribution is -2.41. The molecule has 0 spiro atoms. The molecule has 0 radical (unpaired) electrons. The summed E-state index contributed by atoms with van der Waals surface area (Å²) in [4.78, 5) is 19.9. The van der Waals surface area contributed by atoms with Crippen molar-refractivity contribution in [1.29, 1.82) is 0 Å². The largest absolute Gasteiger partial charge is 0.490 e. The number of hydrogen-bond acceptors (Lipinski definition) is 5. The van der Waals surface area contributed by atoms with Crippen molar-refractivity contribution in [3.05, 3.63) is 89.9 Å². The summed E-state index contributed by atoms with van der Waals surface area (Å²) in [5.74, 6) is 2.06. The topological polar surface area (TPSA) is 65.3 Å². The number of para-hydroxylation sites is 3. The molecular formula is C29H31N3O4. The van der Waals surface area contributed by atoms with Crippen molar-refractivity contribution >= 4 is 11.6 Å². The van der Waals surface area contributed by atoms with Crippen LogP contribution in [0.3, 0.4) is 0 Å². The van der Waals surface area contributed by atoms with Gasteiger partial charge in [0.25, 0.3) is 5.91 Å². The molecule has 0 aliphatic carbocycles. The smallest absolute Gasteiger partial charge is 0.257 e. The lowest BCUT2D eigenvalue weighted by atomic mass is 10.1. The normalized spacial score (nSPS) is 14.1. The van der Waals surface area contributed by atoms with Crippen LogP contribution in [0.5, 0.6) is 17.2 Å². The zero-order chi connectivity index (χ0) is 24.9. The van der Waals surface area contributed by atoms with Gasteiger partial charge in [-0.25, -0.2) is 4.98 Å². The van der Waals surface area contributed by atoms with Crippen molar-refractivity contribution in [2.24, 2.45) is 0 Å². The summed E-state index contributed by atoms with van der Waals surface area (Å²) in [6.45, 7) is 6.13. The van der Waals surface area contributed by atoms with Crippen molar-refractivity contribution in [3.8, 4) is 17.2 Å². The fourth-order valence-corrected chi connectivity index (χ4v) is 4.54. The Bertz CT molecular complexity index is 1340. The Labute approximate surface area is 211 Å². The van der Waals surface area contributed by atoms with Crippen LogP contribution in [0.1, 0.15) is 41.4 Å². The summed E-state index contributed by atoms with van der Waals surface area (Å²) >= 11 is 0. The molecule has 7 heteroatoms. The van der Waals surface area contributed by atoms with Crippen LogP contribution in [-0.4, -0.2) is 46.0 Å². The van der Waals surface area contributed by atoms with Crippen molar-refractivity contribution in [1.82, 2.24) is 14.3 Å². The summed E-state index contributed by atoms with van der Waals surface area (Å²) in [7, 11) is 0. The zero-order valence-corrected chi connectivity index (χ0v) is 20.7. The lowest BCUT2D eigenvalue weighted by Gasteiger charge is -2.32. The number of aromatic nitrogens is 2. The van der Waals surface area contributed by atoms with E-state index in [4.69, 9.17) is 14.2 Å². The number of pyridine rings is 1. The third-order valence-corrected chi connectivity index (χ3v) is 6.39. The summed E-state index contributed by atoms with van der Waals surface area (Å²) in [6, 6.07) is 19.2. The second-order valence-corrected chi connectivity index (χ2v) is 8.93. The molecule has 1 fully saturated rings. The number of aryl methyl sites for hydroxylation is 1. The van der Waals surface area contributed by atoms with Gasteiger partial charge in [-0.1, -0.05) is 30.3 Å². The molecule has 0 unspecified atom stereocenters. The molecule has 4 aromatic rings. The molecule has 0 atom stereocenters. The number of carbonyl (C=O) groups excluding carboxylic acids is 1. The standard InChI is InChI=1S/C29H31N3O4/c1-3-34-26-12-6-7-13-27(26)36-23-14-17-31(18-15-23)29(33)24-10-4-5-11-25(24)35-20-22-19-32-16-8-9-21(2)28(32)30-22/h4-13,16,19,23H,3,14-15,17-18,20H2,1-2H3. The van der Waals surface area contributed by atoms with Crippen molar-refractivity contribution in [2.75, 3.05) is 19.7 Å². The number of nitrogens with zero attached hydrogens (tertiary/aromatic N) is 3. The average molecular weight is 486 g/mol. The Balaban J connectivity index is 1.21. The number of ether oxygens (including phenoxy) is 3. The molecule has 2 aromatic heterocycles. The monoisotopic (exact) mass is 485 g/mol. The maximum absolute atomic E-state index is 13.4. The molecule has 1 aliphatic rings. The van der Waals surface area contributed by atoms with Crippen LogP contribution in [-0.2, 0) is 6.61 Å². The molecular weight excluding hydrogens is 454 g/mol. The maximum atomic E-state index is 13.4. The summed E-state index contributed by atoms with van der Waals surface area (Å²) in [5.41, 5.74) is 3.40. The fourth-order valence-electron chi connectivity index (χ4n) is 4.54. The van der Waals surface area contributed by atoms with E-state index < -0.39 is 0 Å². The highest BCUT2D eigenvalue weighted by atomic mass is 16.5. The van der Waals surface area contributed by atoms with E-state index in [1.807, 2.05) is 96.2 Å². The number of likely N-dealkylation sites (tertiary alicyclic amines) is 1. The molecule has 186 valence electrons. The number of rotatable bonds is 8. The van der Waals surface area contributed by atoms with Crippen molar-refractivity contribution in [3.63, 3.8) is 0 Å². The Morgan fingerprint density at radius 1 is 0.944 bits per heavy atom. The number of hydrogen-bond donors (Lipinski definition) is 0. The van der Waals surface area contributed by atoms with Crippen LogP contribution in [0.2, 0.25) is 0 Å². The number of fused-ring (bicyclic) bond motifs is 1. The molecule has 36 heavy (non-hydrogen) atoms. The van der Waals surface area contributed by atoms with Gasteiger partial charge in [0.15, 0.2) is 11.5 Å². The van der Waals surface area contributed by atoms with Gasteiger partial charge in [0.2, 0.25) is 0 Å². The fraction of sp³-hybridized carbons (Fsp3) is 0.310. The minimum Gasteiger partial charge on any atom is -0.490 e. The first-order valence-corrected chi connectivity index (χ1v) is 12.4. The van der Waals surface area contributed by atoms with Gasteiger partial charge >= 0.3 is 0 Å². The van der Waals surface area contributed by atoms with Gasteiger partial charge in [-0.3, -0.25) is 4.79 Å². The third kappa shape index (κ3) is 5.15. The Morgan fingerprint density at radius 3 is 2.42 bits per heavy atom. The lowest BCUT2D eigenvalue weighted by molar-refractivity contribution is 0.0585. The molecule has 0 saturated carbocycles. The van der Waals surface area contributed by atoms with E-state index in [-0.39, 0.29) is 12.0 Å². The molecule has 0 N–H and O–H groups in total. The van der Waals surface area contributed by atoms with E-state index in [0.29, 0.717) is 37.6 Å². The van der Waals surface area contributed by atoms with Crippen LogP contribution >= 0.6 is 0 Å².